The van der Waals surface area contributed by atoms with E-state index in [2.05, 4.69) is 42.0 Å². The summed E-state index contributed by atoms with van der Waals surface area (Å²) in [6, 6.07) is 6.80. The molecule has 2 N–H and O–H groups in total. The van der Waals surface area contributed by atoms with Crippen molar-refractivity contribution in [1.29, 1.82) is 0 Å². The second kappa shape index (κ2) is 14.3. The number of likely N-dealkylation sites (tertiary alicyclic amines) is 1. The average molecular weight is 743 g/mol. The number of rotatable bonds is 7. The van der Waals surface area contributed by atoms with Crippen LogP contribution in [0.15, 0.2) is 53.0 Å². The zero-order chi connectivity index (χ0) is 35.9. The van der Waals surface area contributed by atoms with Crippen LogP contribution in [0.3, 0.4) is 0 Å². The van der Waals surface area contributed by atoms with Crippen LogP contribution in [0.25, 0.3) is 0 Å². The van der Waals surface area contributed by atoms with Crippen LogP contribution in [0.5, 0.6) is 0 Å². The number of fused-ring (bicyclic) bond motifs is 2. The average Bonchev–Trinajstić information content (AvgIpc) is 3.61. The molecule has 4 aliphatic rings. The van der Waals surface area contributed by atoms with Crippen molar-refractivity contribution in [1.82, 2.24) is 15.1 Å². The van der Waals surface area contributed by atoms with Crippen molar-refractivity contribution >= 4 is 39.6 Å². The van der Waals surface area contributed by atoms with Crippen molar-refractivity contribution in [3.8, 4) is 0 Å². The van der Waals surface area contributed by atoms with Crippen LogP contribution >= 0.6 is 15.9 Å². The fourth-order valence-corrected chi connectivity index (χ4v) is 9.28. The van der Waals surface area contributed by atoms with Crippen molar-refractivity contribution in [3.05, 3.63) is 58.6 Å². The highest BCUT2D eigenvalue weighted by Gasteiger charge is 2.75. The van der Waals surface area contributed by atoms with Crippen molar-refractivity contribution in [2.75, 3.05) is 19.8 Å². The topological polar surface area (TPSA) is 125 Å². The Hall–Kier alpha value is -3.02. The number of nitrogens with one attached hydrogen (secondary N) is 1. The van der Waals surface area contributed by atoms with Crippen molar-refractivity contribution < 1.29 is 33.8 Å². The van der Waals surface area contributed by atoms with E-state index in [1.165, 1.54) is 4.90 Å². The smallest absolute Gasteiger partial charge is 0.306 e. The zero-order valence-electron chi connectivity index (χ0n) is 29.8. The summed E-state index contributed by atoms with van der Waals surface area (Å²) in [7, 11) is 0. The number of benzene rings is 1. The highest BCUT2D eigenvalue weighted by atomic mass is 79.9. The number of aliphatic hydroxyl groups excluding tert-OH is 1. The molecule has 268 valence electrons. The van der Waals surface area contributed by atoms with E-state index in [1.54, 1.807) is 4.90 Å². The molecule has 1 spiro atoms. The van der Waals surface area contributed by atoms with E-state index in [1.807, 2.05) is 76.3 Å². The summed E-state index contributed by atoms with van der Waals surface area (Å²) in [5, 5.41) is 13.8. The second-order valence-corrected chi connectivity index (χ2v) is 17.1. The molecule has 0 unspecified atom stereocenters. The van der Waals surface area contributed by atoms with E-state index in [0.717, 1.165) is 5.56 Å². The number of amides is 3. The molecule has 5 bridgehead atoms. The van der Waals surface area contributed by atoms with Gasteiger partial charge in [0.15, 0.2) is 0 Å². The van der Waals surface area contributed by atoms with Gasteiger partial charge in [-0.15, -0.1) is 0 Å². The highest BCUT2D eigenvalue weighted by Crippen LogP contribution is 2.59. The maximum Gasteiger partial charge on any atom is 0.306 e. The third kappa shape index (κ3) is 7.40. The number of carbonyl (C=O) groups is 4. The maximum absolute atomic E-state index is 15.3. The molecule has 0 aliphatic carbocycles. The van der Waals surface area contributed by atoms with Gasteiger partial charge in [-0.05, 0) is 56.1 Å². The van der Waals surface area contributed by atoms with Crippen LogP contribution in [-0.4, -0.2) is 87.7 Å². The minimum absolute atomic E-state index is 0.0830. The van der Waals surface area contributed by atoms with Gasteiger partial charge in [-0.1, -0.05) is 93.0 Å². The Balaban J connectivity index is 1.66. The number of esters is 1. The molecule has 5 rings (SSSR count). The summed E-state index contributed by atoms with van der Waals surface area (Å²) in [5.74, 6) is -3.39. The number of aliphatic hydroxyl groups is 1. The lowest BCUT2D eigenvalue weighted by atomic mass is 9.73. The first-order valence-corrected chi connectivity index (χ1v) is 18.3. The van der Waals surface area contributed by atoms with E-state index in [-0.39, 0.29) is 49.3 Å². The van der Waals surface area contributed by atoms with Gasteiger partial charge in [0.2, 0.25) is 17.7 Å². The van der Waals surface area contributed by atoms with E-state index >= 15 is 4.79 Å². The van der Waals surface area contributed by atoms with Crippen LogP contribution in [-0.2, 0) is 28.7 Å². The lowest BCUT2D eigenvalue weighted by Crippen LogP contribution is -2.62. The number of ether oxygens (including phenoxy) is 2. The summed E-state index contributed by atoms with van der Waals surface area (Å²) in [6.07, 6.45) is 6.46. The third-order valence-electron chi connectivity index (χ3n) is 10.1. The molecule has 2 fully saturated rings. The van der Waals surface area contributed by atoms with Gasteiger partial charge in [-0.2, -0.15) is 0 Å². The molecular formula is C38H52BrN3O7. The largest absolute Gasteiger partial charge is 0.463 e. The lowest BCUT2D eigenvalue weighted by molar-refractivity contribution is -0.155. The minimum Gasteiger partial charge on any atom is -0.463 e. The molecule has 10 nitrogen and oxygen atoms in total. The van der Waals surface area contributed by atoms with Crippen LogP contribution in [0.1, 0.15) is 85.8 Å². The third-order valence-corrected chi connectivity index (χ3v) is 10.8. The Bertz CT molecular complexity index is 1490. The Labute approximate surface area is 298 Å². The Morgan fingerprint density at radius 3 is 2.37 bits per heavy atom. The predicted octanol–water partition coefficient (Wildman–Crippen LogP) is 5.06. The summed E-state index contributed by atoms with van der Waals surface area (Å²) in [4.78, 5) is 60.7. The molecule has 1 aromatic carbocycles. The van der Waals surface area contributed by atoms with Crippen LogP contribution in [0.2, 0.25) is 0 Å². The summed E-state index contributed by atoms with van der Waals surface area (Å²) >= 11 is 3.65. The summed E-state index contributed by atoms with van der Waals surface area (Å²) < 4.78 is 13.0. The van der Waals surface area contributed by atoms with E-state index in [9.17, 15) is 19.5 Å². The SMILES string of the molecule is CC(C)C[C@H](CO)N1C(=O)[C@H]2[C@@H]3C(=O)N[C@H](c4ccccc4)COC(=O)CC/C=C\CN(C(C)(C)CC(C)(C)C)C(=O)[C@H]1[C@@]21C=C(Br)[C@@H]3O1. The van der Waals surface area contributed by atoms with E-state index in [0.29, 0.717) is 23.7 Å². The van der Waals surface area contributed by atoms with Gasteiger partial charge in [0.1, 0.15) is 24.4 Å². The molecule has 49 heavy (non-hydrogen) atoms. The van der Waals surface area contributed by atoms with Crippen molar-refractivity contribution in [2.24, 2.45) is 23.2 Å². The maximum atomic E-state index is 15.3. The quantitative estimate of drug-likeness (QED) is 0.296. The molecule has 1 aromatic rings. The monoisotopic (exact) mass is 741 g/mol. The number of hydrogen-bond acceptors (Lipinski definition) is 7. The second-order valence-electron chi connectivity index (χ2n) is 16.2. The Morgan fingerprint density at radius 2 is 1.73 bits per heavy atom. The molecular weight excluding hydrogens is 690 g/mol. The molecule has 0 radical (unpaired) electrons. The summed E-state index contributed by atoms with van der Waals surface area (Å²) in [5.41, 5.74) is -1.48. The van der Waals surface area contributed by atoms with Crippen molar-refractivity contribution in [2.45, 2.75) is 110 Å². The number of carbonyl (C=O) groups excluding carboxylic acids is 4. The number of nitrogens with zero attached hydrogens (tertiary/aromatic N) is 2. The van der Waals surface area contributed by atoms with Gasteiger partial charge >= 0.3 is 5.97 Å². The summed E-state index contributed by atoms with van der Waals surface area (Å²) in [6.45, 7) is 14.3. The van der Waals surface area contributed by atoms with Crippen LogP contribution in [0, 0.1) is 23.2 Å². The molecule has 2 saturated heterocycles. The van der Waals surface area contributed by atoms with E-state index < -0.39 is 59.1 Å². The Kier molecular flexibility index (Phi) is 10.9. The van der Waals surface area contributed by atoms with Crippen LogP contribution in [0.4, 0.5) is 0 Å². The number of cyclic esters (lactones) is 1. The number of allylic oxidation sites excluding steroid dienone is 1. The molecule has 7 atom stereocenters. The van der Waals surface area contributed by atoms with Crippen LogP contribution < -0.4 is 5.32 Å². The number of halogens is 1. The molecule has 11 heteroatoms. The van der Waals surface area contributed by atoms with Gasteiger partial charge in [-0.3, -0.25) is 19.2 Å². The minimum atomic E-state index is -1.44. The molecule has 0 saturated carbocycles. The highest BCUT2D eigenvalue weighted by molar-refractivity contribution is 9.11. The van der Waals surface area contributed by atoms with Gasteiger partial charge in [-0.25, -0.2) is 0 Å². The zero-order valence-corrected chi connectivity index (χ0v) is 31.4. The fraction of sp³-hybridized carbons (Fsp3) is 0.632. The van der Waals surface area contributed by atoms with E-state index in [4.69, 9.17) is 9.47 Å². The van der Waals surface area contributed by atoms with Gasteiger partial charge in [0, 0.05) is 23.0 Å². The molecule has 3 amide bonds. The van der Waals surface area contributed by atoms with Crippen molar-refractivity contribution in [3.63, 3.8) is 0 Å². The lowest BCUT2D eigenvalue weighted by Gasteiger charge is -2.46. The fourth-order valence-electron chi connectivity index (χ4n) is 8.55. The first-order chi connectivity index (χ1) is 23.0. The first-order valence-electron chi connectivity index (χ1n) is 17.5. The first kappa shape index (κ1) is 37.2. The number of hydrogen-bond donors (Lipinski definition) is 2. The van der Waals surface area contributed by atoms with Gasteiger partial charge in [0.05, 0.1) is 30.5 Å². The predicted molar refractivity (Wildman–Crippen MR) is 189 cm³/mol. The Morgan fingerprint density at radius 1 is 1.04 bits per heavy atom. The standard InChI is InChI=1S/C38H52BrN3O7/c1-23(2)18-25(20-43)42-32-35(47)41(37(6,7)22-36(3,4)5)17-13-9-12-16-28(44)48-21-27(24-14-10-8-11-15-24)40-33(45)29-30(34(42)46)38(32)19-26(39)31(29)49-38/h8-11,13-15,19,23,25,27,29-32,43H,12,16-18,20-22H2,1-7H3,(H,40,45)/b13-9-/t25-,27+,29+,30-,31+,32+,38-/m1/s1. The molecule has 4 aliphatic heterocycles. The molecule has 4 heterocycles. The molecule has 0 aromatic heterocycles. The van der Waals surface area contributed by atoms with Gasteiger partial charge < -0.3 is 29.7 Å². The van der Waals surface area contributed by atoms with Gasteiger partial charge in [0.25, 0.3) is 0 Å². The normalized spacial score (nSPS) is 31.1.